The molecular formula is C21H19NO4. The van der Waals surface area contributed by atoms with Gasteiger partial charge in [0.25, 0.3) is 5.91 Å². The van der Waals surface area contributed by atoms with E-state index in [2.05, 4.69) is 5.32 Å². The van der Waals surface area contributed by atoms with Gasteiger partial charge in [0.15, 0.2) is 12.4 Å². The average molecular weight is 349 g/mol. The zero-order valence-corrected chi connectivity index (χ0v) is 14.3. The summed E-state index contributed by atoms with van der Waals surface area (Å²) in [6, 6.07) is 19.1. The van der Waals surface area contributed by atoms with E-state index in [-0.39, 0.29) is 24.3 Å². The van der Waals surface area contributed by atoms with E-state index in [9.17, 15) is 9.59 Å². The number of carbonyl (C=O) groups excluding carboxylic acids is 2. The molecule has 1 heterocycles. The molecule has 0 bridgehead atoms. The van der Waals surface area contributed by atoms with Crippen LogP contribution in [0.1, 0.15) is 34.6 Å². The summed E-state index contributed by atoms with van der Waals surface area (Å²) in [5.41, 5.74) is 1.20. The van der Waals surface area contributed by atoms with Gasteiger partial charge in [0.2, 0.25) is 0 Å². The second-order valence-electron chi connectivity index (χ2n) is 5.81. The van der Waals surface area contributed by atoms with Crippen molar-refractivity contribution in [1.82, 2.24) is 5.32 Å². The fourth-order valence-electron chi connectivity index (χ4n) is 2.50. The molecular weight excluding hydrogens is 330 g/mol. The molecule has 0 fully saturated rings. The van der Waals surface area contributed by atoms with Crippen molar-refractivity contribution < 1.29 is 18.7 Å². The molecule has 0 aliphatic rings. The lowest BCUT2D eigenvalue weighted by Crippen LogP contribution is -2.31. The molecule has 1 N–H and O–H groups in total. The van der Waals surface area contributed by atoms with Crippen molar-refractivity contribution in [3.63, 3.8) is 0 Å². The Labute approximate surface area is 151 Å². The number of amides is 1. The molecule has 132 valence electrons. The Morgan fingerprint density at radius 3 is 2.31 bits per heavy atom. The van der Waals surface area contributed by atoms with Gasteiger partial charge < -0.3 is 14.5 Å². The van der Waals surface area contributed by atoms with Gasteiger partial charge in [-0.3, -0.25) is 9.59 Å². The van der Waals surface area contributed by atoms with Crippen molar-refractivity contribution in [3.05, 3.63) is 89.9 Å². The van der Waals surface area contributed by atoms with E-state index < -0.39 is 0 Å². The molecule has 3 aromatic rings. The summed E-state index contributed by atoms with van der Waals surface area (Å²) >= 11 is 0. The third kappa shape index (κ3) is 4.39. The predicted molar refractivity (Wildman–Crippen MR) is 97.1 cm³/mol. The van der Waals surface area contributed by atoms with Crippen molar-refractivity contribution >= 4 is 11.7 Å². The summed E-state index contributed by atoms with van der Waals surface area (Å²) in [6.07, 6.45) is 1.56. The highest BCUT2D eigenvalue weighted by atomic mass is 16.5. The molecule has 1 aromatic heterocycles. The molecule has 0 aliphatic heterocycles. The Kier molecular flexibility index (Phi) is 5.49. The Balaban J connectivity index is 1.53. The van der Waals surface area contributed by atoms with E-state index in [0.717, 1.165) is 0 Å². The number of nitrogens with one attached hydrogen (secondary N) is 1. The minimum absolute atomic E-state index is 0.0536. The van der Waals surface area contributed by atoms with Crippen LogP contribution < -0.4 is 10.1 Å². The first-order valence-electron chi connectivity index (χ1n) is 8.29. The molecule has 1 atom stereocenters. The maximum absolute atomic E-state index is 12.3. The molecule has 0 radical (unpaired) electrons. The molecule has 0 saturated carbocycles. The average Bonchev–Trinajstić information content (AvgIpc) is 3.22. The lowest BCUT2D eigenvalue weighted by atomic mass is 10.0. The summed E-state index contributed by atoms with van der Waals surface area (Å²) in [4.78, 5) is 24.3. The van der Waals surface area contributed by atoms with Crippen LogP contribution in [0.2, 0.25) is 0 Å². The topological polar surface area (TPSA) is 68.5 Å². The molecule has 0 unspecified atom stereocenters. The van der Waals surface area contributed by atoms with E-state index in [1.54, 1.807) is 54.8 Å². The second-order valence-corrected chi connectivity index (χ2v) is 5.81. The maximum atomic E-state index is 12.3. The third-order valence-corrected chi connectivity index (χ3v) is 3.87. The van der Waals surface area contributed by atoms with E-state index >= 15 is 0 Å². The molecule has 0 spiro atoms. The van der Waals surface area contributed by atoms with Gasteiger partial charge >= 0.3 is 0 Å². The third-order valence-electron chi connectivity index (χ3n) is 3.87. The van der Waals surface area contributed by atoms with Gasteiger partial charge in [0.1, 0.15) is 11.5 Å². The van der Waals surface area contributed by atoms with Crippen molar-refractivity contribution in [3.8, 4) is 5.75 Å². The first kappa shape index (κ1) is 17.5. The lowest BCUT2D eigenvalue weighted by Gasteiger charge is -2.12. The summed E-state index contributed by atoms with van der Waals surface area (Å²) in [6.45, 7) is 1.72. The van der Waals surface area contributed by atoms with Gasteiger partial charge in [-0.2, -0.15) is 0 Å². The lowest BCUT2D eigenvalue weighted by molar-refractivity contribution is -0.123. The van der Waals surface area contributed by atoms with Crippen LogP contribution in [0.5, 0.6) is 5.75 Å². The first-order valence-corrected chi connectivity index (χ1v) is 8.29. The van der Waals surface area contributed by atoms with E-state index in [1.807, 2.05) is 25.1 Å². The fraction of sp³-hybridized carbons (Fsp3) is 0.143. The Morgan fingerprint density at radius 1 is 0.962 bits per heavy atom. The number of benzene rings is 2. The SMILES string of the molecule is C[C@@H](NC(=O)COc1ccc(C(=O)c2ccccc2)cc1)c1ccco1. The van der Waals surface area contributed by atoms with Crippen LogP contribution in [0.4, 0.5) is 0 Å². The molecule has 1 amide bonds. The molecule has 26 heavy (non-hydrogen) atoms. The highest BCUT2D eigenvalue weighted by molar-refractivity contribution is 6.08. The number of ether oxygens (including phenoxy) is 1. The van der Waals surface area contributed by atoms with Crippen LogP contribution in [-0.4, -0.2) is 18.3 Å². The van der Waals surface area contributed by atoms with Crippen LogP contribution in [-0.2, 0) is 4.79 Å². The van der Waals surface area contributed by atoms with Crippen molar-refractivity contribution in [2.24, 2.45) is 0 Å². The van der Waals surface area contributed by atoms with E-state index in [1.165, 1.54) is 0 Å². The monoisotopic (exact) mass is 349 g/mol. The zero-order valence-electron chi connectivity index (χ0n) is 14.3. The number of carbonyl (C=O) groups is 2. The van der Waals surface area contributed by atoms with Crippen LogP contribution in [0.15, 0.2) is 77.4 Å². The van der Waals surface area contributed by atoms with Gasteiger partial charge in [-0.15, -0.1) is 0 Å². The smallest absolute Gasteiger partial charge is 0.258 e. The van der Waals surface area contributed by atoms with Crippen LogP contribution in [0.25, 0.3) is 0 Å². The van der Waals surface area contributed by atoms with Crippen LogP contribution in [0.3, 0.4) is 0 Å². The van der Waals surface area contributed by atoms with E-state index in [0.29, 0.717) is 22.6 Å². The molecule has 5 nitrogen and oxygen atoms in total. The molecule has 2 aromatic carbocycles. The summed E-state index contributed by atoms with van der Waals surface area (Å²) < 4.78 is 10.7. The number of hydrogen-bond acceptors (Lipinski definition) is 4. The van der Waals surface area contributed by atoms with Gasteiger partial charge in [-0.05, 0) is 43.3 Å². The molecule has 3 rings (SSSR count). The maximum Gasteiger partial charge on any atom is 0.258 e. The number of rotatable bonds is 7. The van der Waals surface area contributed by atoms with Gasteiger partial charge in [-0.25, -0.2) is 0 Å². The second kappa shape index (κ2) is 8.16. The van der Waals surface area contributed by atoms with Gasteiger partial charge in [0.05, 0.1) is 12.3 Å². The standard InChI is InChI=1S/C21H19NO4/c1-15(19-8-5-13-25-19)22-20(23)14-26-18-11-9-17(10-12-18)21(24)16-6-3-2-4-7-16/h2-13,15H,14H2,1H3,(H,22,23)/t15-/m1/s1. The van der Waals surface area contributed by atoms with Crippen LogP contribution in [0, 0.1) is 0 Å². The Bertz CT molecular complexity index is 855. The van der Waals surface area contributed by atoms with Crippen LogP contribution >= 0.6 is 0 Å². The number of furan rings is 1. The van der Waals surface area contributed by atoms with Gasteiger partial charge in [0, 0.05) is 11.1 Å². The highest BCUT2D eigenvalue weighted by Gasteiger charge is 2.12. The predicted octanol–water partition coefficient (Wildman–Crippen LogP) is 3.77. The Hall–Kier alpha value is -3.34. The normalized spacial score (nSPS) is 11.6. The molecule has 0 aliphatic carbocycles. The van der Waals surface area contributed by atoms with Crippen molar-refractivity contribution in [1.29, 1.82) is 0 Å². The van der Waals surface area contributed by atoms with Crippen molar-refractivity contribution in [2.75, 3.05) is 6.61 Å². The minimum Gasteiger partial charge on any atom is -0.484 e. The fourth-order valence-corrected chi connectivity index (χ4v) is 2.50. The largest absolute Gasteiger partial charge is 0.484 e. The number of ketones is 1. The Morgan fingerprint density at radius 2 is 1.65 bits per heavy atom. The van der Waals surface area contributed by atoms with E-state index in [4.69, 9.17) is 9.15 Å². The summed E-state index contributed by atoms with van der Waals surface area (Å²) in [5, 5.41) is 2.79. The van der Waals surface area contributed by atoms with Gasteiger partial charge in [-0.1, -0.05) is 30.3 Å². The summed E-state index contributed by atoms with van der Waals surface area (Å²) in [7, 11) is 0. The zero-order chi connectivity index (χ0) is 18.4. The summed E-state index contributed by atoms with van der Waals surface area (Å²) in [5.74, 6) is 0.901. The first-order chi connectivity index (χ1) is 12.6. The number of hydrogen-bond donors (Lipinski definition) is 1. The minimum atomic E-state index is -0.252. The highest BCUT2D eigenvalue weighted by Crippen LogP contribution is 2.16. The molecule has 0 saturated heterocycles. The quantitative estimate of drug-likeness (QED) is 0.659. The van der Waals surface area contributed by atoms with Crippen molar-refractivity contribution in [2.45, 2.75) is 13.0 Å². The molecule has 5 heteroatoms.